The van der Waals surface area contributed by atoms with Crippen LogP contribution in [0.5, 0.6) is 5.75 Å². The van der Waals surface area contributed by atoms with Gasteiger partial charge in [0, 0.05) is 15.6 Å². The second-order valence-electron chi connectivity index (χ2n) is 6.15. The molecule has 0 spiro atoms. The minimum Gasteiger partial charge on any atom is -0.488 e. The number of para-hydroxylation sites is 1. The molecule has 0 heterocycles. The Labute approximate surface area is 182 Å². The summed E-state index contributed by atoms with van der Waals surface area (Å²) in [5.74, 6) is -1.09. The van der Waals surface area contributed by atoms with Crippen molar-refractivity contribution in [3.63, 3.8) is 0 Å². The van der Waals surface area contributed by atoms with E-state index in [1.807, 2.05) is 0 Å². The van der Waals surface area contributed by atoms with E-state index in [1.54, 1.807) is 54.6 Å². The second-order valence-corrected chi connectivity index (χ2v) is 6.99. The van der Waals surface area contributed by atoms with Crippen molar-refractivity contribution in [2.24, 2.45) is 5.10 Å². The highest BCUT2D eigenvalue weighted by molar-refractivity contribution is 6.35. The summed E-state index contributed by atoms with van der Waals surface area (Å²) in [6.07, 6.45) is 1.42. The maximum Gasteiger partial charge on any atom is 0.335 e. The monoisotopic (exact) mass is 442 g/mol. The Morgan fingerprint density at radius 1 is 1.03 bits per heavy atom. The van der Waals surface area contributed by atoms with Crippen molar-refractivity contribution in [1.82, 2.24) is 5.43 Å². The molecule has 0 fully saturated rings. The lowest BCUT2D eigenvalue weighted by molar-refractivity contribution is 0.0696. The smallest absolute Gasteiger partial charge is 0.335 e. The van der Waals surface area contributed by atoms with Crippen LogP contribution in [0.25, 0.3) is 0 Å². The number of amides is 1. The molecule has 30 heavy (non-hydrogen) atoms. The van der Waals surface area contributed by atoms with Crippen LogP contribution in [0.4, 0.5) is 0 Å². The topological polar surface area (TPSA) is 88.0 Å². The SMILES string of the molecule is O=C(O)c1ccc(/C=N/NC(=O)c2ccccc2OCc2ccc(Cl)cc2Cl)cc1. The summed E-state index contributed by atoms with van der Waals surface area (Å²) in [4.78, 5) is 23.4. The Morgan fingerprint density at radius 3 is 2.47 bits per heavy atom. The van der Waals surface area contributed by atoms with Crippen molar-refractivity contribution >= 4 is 41.3 Å². The molecule has 1 amide bonds. The Kier molecular flexibility index (Phi) is 7.06. The van der Waals surface area contributed by atoms with Gasteiger partial charge in [-0.15, -0.1) is 0 Å². The standard InChI is InChI=1S/C22H16Cl2N2O4/c23-17-10-9-16(19(24)11-17)13-30-20-4-2-1-3-18(20)21(27)26-25-12-14-5-7-15(8-6-14)22(28)29/h1-12H,13H2,(H,26,27)(H,28,29)/b25-12+. The first-order valence-corrected chi connectivity index (χ1v) is 9.52. The minimum atomic E-state index is -1.01. The van der Waals surface area contributed by atoms with Crippen LogP contribution in [0.1, 0.15) is 31.8 Å². The molecule has 0 unspecified atom stereocenters. The number of hydrazone groups is 1. The third-order valence-corrected chi connectivity index (χ3v) is 4.65. The predicted molar refractivity (Wildman–Crippen MR) is 116 cm³/mol. The second kappa shape index (κ2) is 9.91. The molecule has 0 aliphatic heterocycles. The Balaban J connectivity index is 1.65. The van der Waals surface area contributed by atoms with Gasteiger partial charge in [-0.05, 0) is 42.0 Å². The lowest BCUT2D eigenvalue weighted by Gasteiger charge is -2.11. The third kappa shape index (κ3) is 5.59. The van der Waals surface area contributed by atoms with Crippen molar-refractivity contribution in [2.75, 3.05) is 0 Å². The van der Waals surface area contributed by atoms with E-state index in [0.717, 1.165) is 5.56 Å². The molecule has 3 aromatic rings. The molecule has 0 saturated carbocycles. The maximum atomic E-state index is 12.5. The van der Waals surface area contributed by atoms with Gasteiger partial charge in [-0.1, -0.05) is 53.5 Å². The van der Waals surface area contributed by atoms with E-state index < -0.39 is 11.9 Å². The molecule has 0 aromatic heterocycles. The molecule has 0 bridgehead atoms. The van der Waals surface area contributed by atoms with Crippen molar-refractivity contribution in [3.05, 3.63) is 99.0 Å². The predicted octanol–water partition coefficient (Wildman–Crippen LogP) is 5.03. The Morgan fingerprint density at radius 2 is 1.77 bits per heavy atom. The van der Waals surface area contributed by atoms with Gasteiger partial charge in [-0.3, -0.25) is 4.79 Å². The van der Waals surface area contributed by atoms with Gasteiger partial charge in [0.2, 0.25) is 0 Å². The number of ether oxygens (including phenoxy) is 1. The summed E-state index contributed by atoms with van der Waals surface area (Å²) >= 11 is 12.1. The average Bonchev–Trinajstić information content (AvgIpc) is 2.73. The fourth-order valence-corrected chi connectivity index (χ4v) is 2.97. The van der Waals surface area contributed by atoms with Crippen LogP contribution in [0.2, 0.25) is 10.0 Å². The molecular weight excluding hydrogens is 427 g/mol. The molecule has 0 aliphatic rings. The van der Waals surface area contributed by atoms with Gasteiger partial charge >= 0.3 is 5.97 Å². The van der Waals surface area contributed by atoms with E-state index in [4.69, 9.17) is 33.0 Å². The fourth-order valence-electron chi connectivity index (χ4n) is 2.51. The lowest BCUT2D eigenvalue weighted by atomic mass is 10.1. The van der Waals surface area contributed by atoms with Gasteiger partial charge in [0.05, 0.1) is 17.3 Å². The van der Waals surface area contributed by atoms with Gasteiger partial charge in [-0.2, -0.15) is 5.10 Å². The number of carboxylic acids is 1. The van der Waals surface area contributed by atoms with Crippen LogP contribution < -0.4 is 10.2 Å². The number of carbonyl (C=O) groups excluding carboxylic acids is 1. The quantitative estimate of drug-likeness (QED) is 0.396. The summed E-state index contributed by atoms with van der Waals surface area (Å²) in [7, 11) is 0. The Bertz CT molecular complexity index is 1100. The van der Waals surface area contributed by atoms with Gasteiger partial charge in [-0.25, -0.2) is 10.2 Å². The number of nitrogens with one attached hydrogen (secondary N) is 1. The Hall–Kier alpha value is -3.35. The molecule has 2 N–H and O–H groups in total. The molecule has 0 atom stereocenters. The van der Waals surface area contributed by atoms with Crippen molar-refractivity contribution < 1.29 is 19.4 Å². The fraction of sp³-hybridized carbons (Fsp3) is 0.0455. The van der Waals surface area contributed by atoms with E-state index in [-0.39, 0.29) is 12.2 Å². The van der Waals surface area contributed by atoms with Crippen LogP contribution in [0, 0.1) is 0 Å². The van der Waals surface area contributed by atoms with Crippen LogP contribution >= 0.6 is 23.2 Å². The van der Waals surface area contributed by atoms with E-state index in [9.17, 15) is 9.59 Å². The minimum absolute atomic E-state index is 0.166. The first kappa shape index (κ1) is 21.4. The molecule has 3 rings (SSSR count). The number of carbonyl (C=O) groups is 2. The number of hydrogen-bond donors (Lipinski definition) is 2. The summed E-state index contributed by atoms with van der Waals surface area (Å²) in [5, 5.41) is 13.8. The van der Waals surface area contributed by atoms with Crippen LogP contribution in [0.15, 0.2) is 71.8 Å². The molecule has 0 saturated heterocycles. The van der Waals surface area contributed by atoms with Crippen molar-refractivity contribution in [3.8, 4) is 5.75 Å². The highest BCUT2D eigenvalue weighted by atomic mass is 35.5. The molecule has 152 valence electrons. The first-order valence-electron chi connectivity index (χ1n) is 8.76. The number of benzene rings is 3. The van der Waals surface area contributed by atoms with Gasteiger partial charge in [0.15, 0.2) is 0 Å². The van der Waals surface area contributed by atoms with E-state index in [2.05, 4.69) is 10.5 Å². The van der Waals surface area contributed by atoms with Crippen LogP contribution in [-0.4, -0.2) is 23.2 Å². The van der Waals surface area contributed by atoms with Gasteiger partial charge < -0.3 is 9.84 Å². The third-order valence-electron chi connectivity index (χ3n) is 4.07. The zero-order chi connectivity index (χ0) is 21.5. The normalized spacial score (nSPS) is 10.7. The highest BCUT2D eigenvalue weighted by Gasteiger charge is 2.12. The highest BCUT2D eigenvalue weighted by Crippen LogP contribution is 2.24. The van der Waals surface area contributed by atoms with E-state index in [0.29, 0.717) is 26.9 Å². The maximum absolute atomic E-state index is 12.5. The number of halogens is 2. The van der Waals surface area contributed by atoms with Crippen LogP contribution in [-0.2, 0) is 6.61 Å². The molecule has 0 aliphatic carbocycles. The van der Waals surface area contributed by atoms with E-state index in [1.165, 1.54) is 18.3 Å². The largest absolute Gasteiger partial charge is 0.488 e. The molecule has 3 aromatic carbocycles. The van der Waals surface area contributed by atoms with Gasteiger partial charge in [0.25, 0.3) is 5.91 Å². The molecule has 8 heteroatoms. The van der Waals surface area contributed by atoms with Gasteiger partial charge in [0.1, 0.15) is 12.4 Å². The number of carboxylic acid groups (broad SMARTS) is 1. The zero-order valence-corrected chi connectivity index (χ0v) is 17.0. The zero-order valence-electron chi connectivity index (χ0n) is 15.5. The number of aromatic carboxylic acids is 1. The number of rotatable bonds is 7. The number of hydrogen-bond acceptors (Lipinski definition) is 4. The molecule has 6 nitrogen and oxygen atoms in total. The summed E-state index contributed by atoms with van der Waals surface area (Å²) in [5.41, 5.74) is 4.29. The average molecular weight is 443 g/mol. The van der Waals surface area contributed by atoms with E-state index >= 15 is 0 Å². The van der Waals surface area contributed by atoms with Crippen LogP contribution in [0.3, 0.4) is 0 Å². The van der Waals surface area contributed by atoms with Crippen molar-refractivity contribution in [1.29, 1.82) is 0 Å². The van der Waals surface area contributed by atoms with Crippen molar-refractivity contribution in [2.45, 2.75) is 6.61 Å². The summed E-state index contributed by atoms with van der Waals surface area (Å²) < 4.78 is 5.77. The summed E-state index contributed by atoms with van der Waals surface area (Å²) in [6.45, 7) is 0.166. The molecular formula is C22H16Cl2N2O4. The number of nitrogens with zero attached hydrogens (tertiary/aromatic N) is 1. The molecule has 0 radical (unpaired) electrons. The lowest BCUT2D eigenvalue weighted by Crippen LogP contribution is -2.18. The summed E-state index contributed by atoms with van der Waals surface area (Å²) in [6, 6.07) is 17.9. The first-order chi connectivity index (χ1) is 14.4.